The lowest BCUT2D eigenvalue weighted by molar-refractivity contribution is 0.112. The number of carbonyl (C=O) groups is 1. The van der Waals surface area contributed by atoms with Gasteiger partial charge in [0.1, 0.15) is 0 Å². The van der Waals surface area contributed by atoms with Crippen LogP contribution in [0.25, 0.3) is 6.08 Å². The fraction of sp³-hybridized carbons (Fsp3) is 0.364. The van der Waals surface area contributed by atoms with Gasteiger partial charge >= 0.3 is 0 Å². The lowest BCUT2D eigenvalue weighted by Gasteiger charge is -2.10. The van der Waals surface area contributed by atoms with Gasteiger partial charge in [0.25, 0.3) is 0 Å². The van der Waals surface area contributed by atoms with Crippen molar-refractivity contribution >= 4 is 23.7 Å². The molecule has 0 aliphatic carbocycles. The molecule has 0 unspecified atom stereocenters. The van der Waals surface area contributed by atoms with Gasteiger partial charge in [-0.2, -0.15) is 0 Å². The Morgan fingerprint density at radius 3 is 2.31 bits per heavy atom. The largest absolute Gasteiger partial charge is 0.297 e. The van der Waals surface area contributed by atoms with Crippen LogP contribution in [0.2, 0.25) is 0 Å². The fourth-order valence-electron chi connectivity index (χ4n) is 0.853. The Morgan fingerprint density at radius 1 is 1.23 bits per heavy atom. The fourth-order valence-corrected chi connectivity index (χ4v) is 1.58. The molecular weight excluding hydrogens is 180 g/mol. The highest BCUT2D eigenvalue weighted by Crippen LogP contribution is 2.21. The molecular formula is C11H14OS. The van der Waals surface area contributed by atoms with Gasteiger partial charge in [0.05, 0.1) is 4.88 Å². The van der Waals surface area contributed by atoms with Gasteiger partial charge < -0.3 is 0 Å². The number of allylic oxidation sites excluding steroid dienone is 1. The predicted molar refractivity (Wildman–Crippen MR) is 58.2 cm³/mol. The maximum Gasteiger partial charge on any atom is 0.160 e. The molecule has 0 amide bonds. The van der Waals surface area contributed by atoms with Crippen molar-refractivity contribution in [1.82, 2.24) is 0 Å². The average molecular weight is 194 g/mol. The summed E-state index contributed by atoms with van der Waals surface area (Å²) in [5.41, 5.74) is 0.200. The first-order valence-electron chi connectivity index (χ1n) is 4.25. The van der Waals surface area contributed by atoms with Gasteiger partial charge in [0, 0.05) is 4.88 Å². The third kappa shape index (κ3) is 3.55. The third-order valence-corrected chi connectivity index (χ3v) is 2.49. The van der Waals surface area contributed by atoms with E-state index >= 15 is 0 Å². The molecule has 0 saturated heterocycles. The molecule has 0 spiro atoms. The van der Waals surface area contributed by atoms with Crippen molar-refractivity contribution in [3.8, 4) is 0 Å². The number of carbonyl (C=O) groups excluding carboxylic acids is 1. The molecule has 0 bridgehead atoms. The van der Waals surface area contributed by atoms with Gasteiger partial charge in [0.15, 0.2) is 6.29 Å². The van der Waals surface area contributed by atoms with E-state index in [1.807, 2.05) is 12.1 Å². The monoisotopic (exact) mass is 194 g/mol. The Labute approximate surface area is 83.1 Å². The number of hydrogen-bond donors (Lipinski definition) is 0. The van der Waals surface area contributed by atoms with Crippen molar-refractivity contribution in [3.63, 3.8) is 0 Å². The summed E-state index contributed by atoms with van der Waals surface area (Å²) >= 11 is 1.52. The highest BCUT2D eigenvalue weighted by atomic mass is 32.1. The molecule has 2 heteroatoms. The molecule has 1 rings (SSSR count). The second-order valence-corrected chi connectivity index (χ2v) is 5.20. The van der Waals surface area contributed by atoms with E-state index in [0.717, 1.165) is 16.0 Å². The minimum absolute atomic E-state index is 0.200. The lowest BCUT2D eigenvalue weighted by atomic mass is 9.96. The number of thiophene rings is 1. The topological polar surface area (TPSA) is 17.1 Å². The minimum atomic E-state index is 0.200. The van der Waals surface area contributed by atoms with E-state index in [-0.39, 0.29) is 5.41 Å². The van der Waals surface area contributed by atoms with E-state index in [1.54, 1.807) is 0 Å². The predicted octanol–water partition coefficient (Wildman–Crippen LogP) is 3.62. The van der Waals surface area contributed by atoms with Crippen LogP contribution in [-0.2, 0) is 0 Å². The molecule has 0 radical (unpaired) electrons. The standard InChI is InChI=1S/C11H14OS/c1-11(2,3)7-6-9-4-5-10(8-12)13-9/h4-8H,1-3H3/b7-6+. The smallest absolute Gasteiger partial charge is 0.160 e. The first-order valence-corrected chi connectivity index (χ1v) is 5.07. The molecule has 70 valence electrons. The number of aldehydes is 1. The van der Waals surface area contributed by atoms with Crippen LogP contribution in [-0.4, -0.2) is 6.29 Å². The number of hydrogen-bond acceptors (Lipinski definition) is 2. The summed E-state index contributed by atoms with van der Waals surface area (Å²) < 4.78 is 0. The first-order chi connectivity index (χ1) is 6.01. The van der Waals surface area contributed by atoms with Gasteiger partial charge in [-0.3, -0.25) is 4.79 Å². The summed E-state index contributed by atoms with van der Waals surface area (Å²) in [6.07, 6.45) is 5.10. The molecule has 0 aliphatic rings. The second kappa shape index (κ2) is 3.88. The molecule has 0 aromatic carbocycles. The van der Waals surface area contributed by atoms with Gasteiger partial charge in [-0.1, -0.05) is 26.8 Å². The van der Waals surface area contributed by atoms with E-state index < -0.39 is 0 Å². The van der Waals surface area contributed by atoms with Gasteiger partial charge in [-0.05, 0) is 23.6 Å². The minimum Gasteiger partial charge on any atom is -0.297 e. The summed E-state index contributed by atoms with van der Waals surface area (Å²) in [4.78, 5) is 12.3. The van der Waals surface area contributed by atoms with Gasteiger partial charge in [0.2, 0.25) is 0 Å². The molecule has 0 atom stereocenters. The Morgan fingerprint density at radius 2 is 1.85 bits per heavy atom. The summed E-state index contributed by atoms with van der Waals surface area (Å²) in [7, 11) is 0. The van der Waals surface area contributed by atoms with E-state index in [1.165, 1.54) is 11.3 Å². The first kappa shape index (κ1) is 10.2. The molecule has 1 heterocycles. The molecule has 0 saturated carbocycles. The zero-order valence-electron chi connectivity index (χ0n) is 8.20. The highest BCUT2D eigenvalue weighted by Gasteiger charge is 2.04. The molecule has 1 aromatic heterocycles. The quantitative estimate of drug-likeness (QED) is 0.657. The summed E-state index contributed by atoms with van der Waals surface area (Å²) in [5, 5.41) is 0. The molecule has 13 heavy (non-hydrogen) atoms. The van der Waals surface area contributed by atoms with E-state index in [0.29, 0.717) is 0 Å². The van der Waals surface area contributed by atoms with Crippen molar-refractivity contribution in [2.75, 3.05) is 0 Å². The SMILES string of the molecule is CC(C)(C)/C=C/c1ccc(C=O)s1. The van der Waals surface area contributed by atoms with Crippen LogP contribution in [0.15, 0.2) is 18.2 Å². The van der Waals surface area contributed by atoms with E-state index in [4.69, 9.17) is 0 Å². The summed E-state index contributed by atoms with van der Waals surface area (Å²) in [6, 6.07) is 3.82. The normalized spacial score (nSPS) is 12.2. The van der Waals surface area contributed by atoms with Crippen LogP contribution in [0, 0.1) is 5.41 Å². The Kier molecular flexibility index (Phi) is 3.04. The van der Waals surface area contributed by atoms with Crippen LogP contribution >= 0.6 is 11.3 Å². The highest BCUT2D eigenvalue weighted by molar-refractivity contribution is 7.14. The Bertz CT molecular complexity index is 315. The number of rotatable bonds is 2. The van der Waals surface area contributed by atoms with Crippen LogP contribution in [0.4, 0.5) is 0 Å². The van der Waals surface area contributed by atoms with E-state index in [2.05, 4.69) is 32.9 Å². The summed E-state index contributed by atoms with van der Waals surface area (Å²) in [6.45, 7) is 6.45. The Balaban J connectivity index is 2.74. The van der Waals surface area contributed by atoms with Crippen molar-refractivity contribution < 1.29 is 4.79 Å². The van der Waals surface area contributed by atoms with Crippen molar-refractivity contribution in [2.45, 2.75) is 20.8 Å². The average Bonchev–Trinajstić information content (AvgIpc) is 2.47. The van der Waals surface area contributed by atoms with Crippen molar-refractivity contribution in [1.29, 1.82) is 0 Å². The van der Waals surface area contributed by atoms with Crippen LogP contribution in [0.1, 0.15) is 35.3 Å². The lowest BCUT2D eigenvalue weighted by Crippen LogP contribution is -1.97. The maximum absolute atomic E-state index is 10.4. The molecule has 0 aliphatic heterocycles. The van der Waals surface area contributed by atoms with Crippen molar-refractivity contribution in [3.05, 3.63) is 28.0 Å². The molecule has 1 aromatic rings. The second-order valence-electron chi connectivity index (χ2n) is 4.06. The van der Waals surface area contributed by atoms with Crippen LogP contribution in [0.3, 0.4) is 0 Å². The van der Waals surface area contributed by atoms with Gasteiger partial charge in [-0.25, -0.2) is 0 Å². The van der Waals surface area contributed by atoms with Crippen molar-refractivity contribution in [2.24, 2.45) is 5.41 Å². The third-order valence-electron chi connectivity index (χ3n) is 1.51. The maximum atomic E-state index is 10.4. The van der Waals surface area contributed by atoms with Gasteiger partial charge in [-0.15, -0.1) is 11.3 Å². The molecule has 0 fully saturated rings. The molecule has 0 N–H and O–H groups in total. The van der Waals surface area contributed by atoms with E-state index in [9.17, 15) is 4.79 Å². The molecule has 1 nitrogen and oxygen atoms in total. The van der Waals surface area contributed by atoms with Crippen LogP contribution < -0.4 is 0 Å². The summed E-state index contributed by atoms with van der Waals surface area (Å²) in [5.74, 6) is 0. The zero-order chi connectivity index (χ0) is 9.90. The van der Waals surface area contributed by atoms with Crippen LogP contribution in [0.5, 0.6) is 0 Å². The Hall–Kier alpha value is -0.890. The zero-order valence-corrected chi connectivity index (χ0v) is 9.02.